The Morgan fingerprint density at radius 3 is 2.53 bits per heavy atom. The van der Waals surface area contributed by atoms with Crippen molar-refractivity contribution >= 4 is 35.6 Å². The molecule has 0 bridgehead atoms. The van der Waals surface area contributed by atoms with Gasteiger partial charge in [-0.15, -0.1) is 0 Å². The van der Waals surface area contributed by atoms with Gasteiger partial charge in [-0.25, -0.2) is 4.79 Å². The Labute approximate surface area is 198 Å². The fraction of sp³-hybridized carbons (Fsp3) is 0.478. The minimum Gasteiger partial charge on any atom is -0.421 e. The second-order valence-corrected chi connectivity index (χ2v) is 8.80. The van der Waals surface area contributed by atoms with Crippen LogP contribution in [0, 0.1) is 5.92 Å². The zero-order chi connectivity index (χ0) is 24.7. The molecule has 4 N–H and O–H groups in total. The van der Waals surface area contributed by atoms with Gasteiger partial charge in [-0.05, 0) is 36.1 Å². The van der Waals surface area contributed by atoms with Crippen molar-refractivity contribution in [2.45, 2.75) is 38.8 Å². The lowest BCUT2D eigenvalue weighted by Crippen LogP contribution is -2.57. The van der Waals surface area contributed by atoms with E-state index >= 15 is 0 Å². The van der Waals surface area contributed by atoms with Crippen LogP contribution in [0.15, 0.2) is 36.5 Å². The molecule has 2 heterocycles. The monoisotopic (exact) mass is 470 g/mol. The molecule has 0 spiro atoms. The molecule has 11 heteroatoms. The van der Waals surface area contributed by atoms with Gasteiger partial charge in [0.25, 0.3) is 0 Å². The largest absolute Gasteiger partial charge is 0.529 e. The molecule has 10 nitrogen and oxygen atoms in total. The molecule has 0 radical (unpaired) electrons. The van der Waals surface area contributed by atoms with Crippen LogP contribution in [0.4, 0.5) is 4.79 Å². The molecule has 182 valence electrons. The predicted octanol–water partition coefficient (Wildman–Crippen LogP) is 0.300. The number of nitrogens with zero attached hydrogens (tertiary/aromatic N) is 2. The van der Waals surface area contributed by atoms with Crippen molar-refractivity contribution in [3.8, 4) is 0 Å². The van der Waals surface area contributed by atoms with E-state index in [2.05, 4.69) is 15.6 Å². The van der Waals surface area contributed by atoms with Crippen LogP contribution in [0.25, 0.3) is 10.9 Å². The molecular formula is C23H31BN4O6. The molecular weight excluding hydrogens is 439 g/mol. The number of pyridine rings is 1. The summed E-state index contributed by atoms with van der Waals surface area (Å²) in [6.45, 7) is 5.37. The number of rotatable bonds is 9. The molecule has 0 aliphatic carbocycles. The Morgan fingerprint density at radius 1 is 1.12 bits per heavy atom. The maximum Gasteiger partial charge on any atom is 0.529 e. The smallest absolute Gasteiger partial charge is 0.421 e. The van der Waals surface area contributed by atoms with Crippen molar-refractivity contribution in [2.24, 2.45) is 5.92 Å². The number of nitrogens with one attached hydrogen (secondary N) is 2. The van der Waals surface area contributed by atoms with Crippen LogP contribution in [0.5, 0.6) is 0 Å². The molecule has 0 unspecified atom stereocenters. The minimum absolute atomic E-state index is 0.0161. The van der Waals surface area contributed by atoms with Crippen LogP contribution in [0.3, 0.4) is 0 Å². The number of hydrogen-bond donors (Lipinski definition) is 4. The second kappa shape index (κ2) is 11.9. The first kappa shape index (κ1) is 25.6. The number of hydrogen-bond acceptors (Lipinski definition) is 7. The molecule has 2 aromatic rings. The first-order chi connectivity index (χ1) is 16.2. The maximum absolute atomic E-state index is 13.3. The highest BCUT2D eigenvalue weighted by Gasteiger charge is 2.33. The summed E-state index contributed by atoms with van der Waals surface area (Å²) in [5, 5.41) is 25.0. The predicted molar refractivity (Wildman–Crippen MR) is 127 cm³/mol. The average Bonchev–Trinajstić information content (AvgIpc) is 2.82. The number of fused-ring (bicyclic) bond motifs is 1. The Balaban J connectivity index is 1.81. The van der Waals surface area contributed by atoms with E-state index in [9.17, 15) is 24.4 Å². The zero-order valence-electron chi connectivity index (χ0n) is 19.4. The summed E-state index contributed by atoms with van der Waals surface area (Å²) in [4.78, 5) is 44.2. The zero-order valence-corrected chi connectivity index (χ0v) is 19.4. The number of morpholine rings is 1. The van der Waals surface area contributed by atoms with Crippen molar-refractivity contribution in [2.75, 3.05) is 26.3 Å². The van der Waals surface area contributed by atoms with E-state index in [0.29, 0.717) is 26.3 Å². The molecule has 1 saturated heterocycles. The van der Waals surface area contributed by atoms with Gasteiger partial charge in [0, 0.05) is 31.1 Å². The van der Waals surface area contributed by atoms with Crippen LogP contribution < -0.4 is 10.6 Å². The van der Waals surface area contributed by atoms with Gasteiger partial charge in [0.15, 0.2) is 5.68 Å². The van der Waals surface area contributed by atoms with Crippen molar-refractivity contribution < 1.29 is 29.2 Å². The van der Waals surface area contributed by atoms with E-state index < -0.39 is 36.8 Å². The van der Waals surface area contributed by atoms with Gasteiger partial charge in [-0.2, -0.15) is 0 Å². The minimum atomic E-state index is -2.20. The fourth-order valence-electron chi connectivity index (χ4n) is 3.87. The number of ether oxygens (including phenoxy) is 1. The molecule has 1 aliphatic heterocycles. The molecule has 0 saturated carbocycles. The molecule has 3 rings (SSSR count). The van der Waals surface area contributed by atoms with Crippen LogP contribution in [0.2, 0.25) is 0 Å². The van der Waals surface area contributed by atoms with Gasteiger partial charge in [-0.1, -0.05) is 26.0 Å². The van der Waals surface area contributed by atoms with Gasteiger partial charge in [-0.3, -0.25) is 9.78 Å². The highest BCUT2D eigenvalue weighted by molar-refractivity contribution is 6.79. The molecule has 1 fully saturated rings. The van der Waals surface area contributed by atoms with Crippen LogP contribution in [-0.2, 0) is 20.7 Å². The SMILES string of the molecule is CC(C)C[C@H](NC(=O)[C@H](Cc1ccc2ncccc2c1)NC(=O)N1CCOCC1)C(=O)B(O)O. The van der Waals surface area contributed by atoms with E-state index in [4.69, 9.17) is 4.74 Å². The Hall–Kier alpha value is -3.02. The summed E-state index contributed by atoms with van der Waals surface area (Å²) in [5.74, 6) is -0.560. The Morgan fingerprint density at radius 2 is 1.85 bits per heavy atom. The second-order valence-electron chi connectivity index (χ2n) is 8.80. The standard InChI is InChI=1S/C23H31BN4O6/c1-15(2)12-19(21(29)24(32)33)26-22(30)20(27-23(31)28-8-10-34-11-9-28)14-16-5-6-18-17(13-16)4-3-7-25-18/h3-7,13,15,19-20,32-33H,8-12,14H2,1-2H3,(H,26,30)(H,27,31)/t19-,20-/m0/s1. The van der Waals surface area contributed by atoms with Gasteiger partial charge in [0.05, 0.1) is 24.8 Å². The van der Waals surface area contributed by atoms with Crippen LogP contribution >= 0.6 is 0 Å². The molecule has 1 aromatic carbocycles. The molecule has 1 aliphatic rings. The van der Waals surface area contributed by atoms with E-state index in [1.165, 1.54) is 0 Å². The van der Waals surface area contributed by atoms with E-state index in [-0.39, 0.29) is 18.8 Å². The highest BCUT2D eigenvalue weighted by atomic mass is 16.5. The first-order valence-corrected chi connectivity index (χ1v) is 11.4. The number of benzene rings is 1. The van der Waals surface area contributed by atoms with E-state index in [0.717, 1.165) is 16.5 Å². The lowest BCUT2D eigenvalue weighted by Gasteiger charge is -2.30. The van der Waals surface area contributed by atoms with Crippen molar-refractivity contribution in [1.29, 1.82) is 0 Å². The Kier molecular flexibility index (Phi) is 8.97. The average molecular weight is 470 g/mol. The summed E-state index contributed by atoms with van der Waals surface area (Å²) in [6.07, 6.45) is 2.10. The van der Waals surface area contributed by atoms with E-state index in [1.807, 2.05) is 44.2 Å². The quantitative estimate of drug-likeness (QED) is 0.387. The van der Waals surface area contributed by atoms with Gasteiger partial charge in [0.1, 0.15) is 6.04 Å². The summed E-state index contributed by atoms with van der Waals surface area (Å²) >= 11 is 0. The van der Waals surface area contributed by atoms with Gasteiger partial charge >= 0.3 is 13.1 Å². The number of amides is 3. The van der Waals surface area contributed by atoms with Gasteiger partial charge < -0.3 is 35.1 Å². The summed E-state index contributed by atoms with van der Waals surface area (Å²) in [6, 6.07) is 6.84. The number of urea groups is 1. The summed E-state index contributed by atoms with van der Waals surface area (Å²) in [7, 11) is -2.20. The third-order valence-corrected chi connectivity index (χ3v) is 5.64. The topological polar surface area (TPSA) is 141 Å². The molecule has 2 atom stereocenters. The summed E-state index contributed by atoms with van der Waals surface area (Å²) in [5.41, 5.74) is 0.720. The van der Waals surface area contributed by atoms with Crippen molar-refractivity contribution in [1.82, 2.24) is 20.5 Å². The third-order valence-electron chi connectivity index (χ3n) is 5.64. The van der Waals surface area contributed by atoms with Crippen LogP contribution in [-0.4, -0.2) is 83.1 Å². The maximum atomic E-state index is 13.3. The van der Waals surface area contributed by atoms with E-state index in [1.54, 1.807) is 11.1 Å². The number of carbonyl (C=O) groups excluding carboxylic acids is 3. The summed E-state index contributed by atoms with van der Waals surface area (Å²) < 4.78 is 5.29. The number of aromatic nitrogens is 1. The lowest BCUT2D eigenvalue weighted by molar-refractivity contribution is -0.127. The molecule has 1 aromatic heterocycles. The van der Waals surface area contributed by atoms with Crippen molar-refractivity contribution in [3.05, 3.63) is 42.1 Å². The number of carbonyl (C=O) groups is 3. The lowest BCUT2D eigenvalue weighted by atomic mass is 9.77. The van der Waals surface area contributed by atoms with Crippen molar-refractivity contribution in [3.63, 3.8) is 0 Å². The molecule has 3 amide bonds. The van der Waals surface area contributed by atoms with Gasteiger partial charge in [0.2, 0.25) is 5.91 Å². The normalized spacial score (nSPS) is 15.6. The Bertz CT molecular complexity index is 1010. The highest BCUT2D eigenvalue weighted by Crippen LogP contribution is 2.16. The fourth-order valence-corrected chi connectivity index (χ4v) is 3.87. The molecule has 34 heavy (non-hydrogen) atoms. The third kappa shape index (κ3) is 6.99. The van der Waals surface area contributed by atoms with Crippen LogP contribution in [0.1, 0.15) is 25.8 Å². The first-order valence-electron chi connectivity index (χ1n) is 11.4.